The fourth-order valence-corrected chi connectivity index (χ4v) is 7.32. The Morgan fingerprint density at radius 2 is 1.02 bits per heavy atom. The second-order valence-corrected chi connectivity index (χ2v) is 18.8. The topological polar surface area (TPSA) is 108 Å². The molecule has 9 heteroatoms. The Morgan fingerprint density at radius 1 is 0.600 bits per heavy atom. The van der Waals surface area contributed by atoms with Crippen LogP contribution >= 0.6 is 7.82 Å². The lowest BCUT2D eigenvalue weighted by Crippen LogP contribution is -2.45. The quantitative estimate of drug-likeness (QED) is 0.0274. The maximum absolute atomic E-state index is 12.7. The van der Waals surface area contributed by atoms with E-state index in [2.05, 4.69) is 73.0 Å². The van der Waals surface area contributed by atoms with Crippen LogP contribution in [-0.2, 0) is 18.4 Å². The number of hydrogen-bond donors (Lipinski definition) is 2. The first-order valence-electron chi connectivity index (χ1n) is 24.3. The van der Waals surface area contributed by atoms with Crippen LogP contribution in [0.4, 0.5) is 0 Å². The highest BCUT2D eigenvalue weighted by molar-refractivity contribution is 7.45. The third-order valence-electron chi connectivity index (χ3n) is 10.4. The van der Waals surface area contributed by atoms with Crippen molar-refractivity contribution in [2.45, 2.75) is 206 Å². The van der Waals surface area contributed by atoms with Crippen molar-refractivity contribution in [3.8, 4) is 0 Å². The highest BCUT2D eigenvalue weighted by Crippen LogP contribution is 2.38. The van der Waals surface area contributed by atoms with Crippen molar-refractivity contribution >= 4 is 13.7 Å². The minimum absolute atomic E-state index is 0.00390. The number of nitrogens with one attached hydrogen (secondary N) is 1. The summed E-state index contributed by atoms with van der Waals surface area (Å²) in [5, 5.41) is 13.4. The molecule has 0 aromatic rings. The Labute approximate surface area is 370 Å². The van der Waals surface area contributed by atoms with E-state index in [0.717, 1.165) is 64.2 Å². The van der Waals surface area contributed by atoms with Crippen LogP contribution in [0.1, 0.15) is 194 Å². The molecular formula is C51H93N2O6P. The maximum Gasteiger partial charge on any atom is 0.268 e. The molecule has 0 fully saturated rings. The lowest BCUT2D eigenvalue weighted by Gasteiger charge is -2.29. The average molecular weight is 861 g/mol. The molecule has 0 aliphatic carbocycles. The molecule has 0 saturated heterocycles. The van der Waals surface area contributed by atoms with Crippen LogP contribution in [0.25, 0.3) is 0 Å². The van der Waals surface area contributed by atoms with E-state index in [0.29, 0.717) is 17.4 Å². The third-order valence-corrected chi connectivity index (χ3v) is 11.4. The Morgan fingerprint density at radius 3 is 1.45 bits per heavy atom. The van der Waals surface area contributed by atoms with Crippen molar-refractivity contribution < 1.29 is 32.9 Å². The predicted octanol–water partition coefficient (Wildman–Crippen LogP) is 13.3. The second-order valence-electron chi connectivity index (χ2n) is 17.4. The number of carbonyl (C=O) groups is 1. The minimum Gasteiger partial charge on any atom is -0.756 e. The van der Waals surface area contributed by atoms with Gasteiger partial charge in [-0.25, -0.2) is 0 Å². The average Bonchev–Trinajstić information content (AvgIpc) is 3.20. The van der Waals surface area contributed by atoms with Gasteiger partial charge in [0.15, 0.2) is 0 Å². The molecule has 0 heterocycles. The number of amides is 1. The van der Waals surface area contributed by atoms with E-state index in [1.54, 1.807) is 6.08 Å². The molecule has 0 saturated carbocycles. The third kappa shape index (κ3) is 44.0. The second kappa shape index (κ2) is 42.3. The monoisotopic (exact) mass is 861 g/mol. The molecule has 0 aromatic carbocycles. The van der Waals surface area contributed by atoms with Crippen molar-refractivity contribution in [2.75, 3.05) is 40.9 Å². The molecule has 0 aliphatic rings. The first kappa shape index (κ1) is 57.9. The summed E-state index contributed by atoms with van der Waals surface area (Å²) >= 11 is 0. The van der Waals surface area contributed by atoms with E-state index in [1.165, 1.54) is 109 Å². The van der Waals surface area contributed by atoms with E-state index in [9.17, 15) is 19.4 Å². The Hall–Kier alpha value is -2.06. The lowest BCUT2D eigenvalue weighted by atomic mass is 10.0. The van der Waals surface area contributed by atoms with Gasteiger partial charge in [0.05, 0.1) is 39.9 Å². The highest BCUT2D eigenvalue weighted by atomic mass is 31.2. The van der Waals surface area contributed by atoms with Gasteiger partial charge in [0.1, 0.15) is 13.2 Å². The summed E-state index contributed by atoms with van der Waals surface area (Å²) in [5.41, 5.74) is 0. The van der Waals surface area contributed by atoms with Crippen molar-refractivity contribution in [3.63, 3.8) is 0 Å². The molecule has 0 aliphatic heterocycles. The number of likely N-dealkylation sites (N-methyl/N-ethyl adjacent to an activating group) is 1. The van der Waals surface area contributed by atoms with Crippen LogP contribution in [0.3, 0.4) is 0 Å². The smallest absolute Gasteiger partial charge is 0.268 e. The molecule has 0 spiro atoms. The normalized spacial score (nSPS) is 14.8. The first-order chi connectivity index (χ1) is 29.0. The molecular weight excluding hydrogens is 768 g/mol. The number of nitrogens with zero attached hydrogens (tertiary/aromatic N) is 1. The van der Waals surface area contributed by atoms with Gasteiger partial charge in [0.2, 0.25) is 5.91 Å². The Balaban J connectivity index is 3.73. The van der Waals surface area contributed by atoms with E-state index in [4.69, 9.17) is 9.05 Å². The van der Waals surface area contributed by atoms with Crippen LogP contribution in [0, 0.1) is 0 Å². The fraction of sp³-hybridized carbons (Fsp3) is 0.745. The fourth-order valence-electron chi connectivity index (χ4n) is 6.60. The Kier molecular flexibility index (Phi) is 40.8. The number of phosphoric acid groups is 1. The van der Waals surface area contributed by atoms with Gasteiger partial charge < -0.3 is 28.8 Å². The first-order valence-corrected chi connectivity index (χ1v) is 25.8. The molecule has 0 radical (unpaired) electrons. The maximum atomic E-state index is 12.7. The molecule has 3 atom stereocenters. The molecule has 3 unspecified atom stereocenters. The number of hydrogen-bond acceptors (Lipinski definition) is 6. The number of quaternary nitrogens is 1. The zero-order valence-corrected chi connectivity index (χ0v) is 40.3. The molecule has 0 aromatic heterocycles. The molecule has 0 rings (SSSR count). The molecule has 8 nitrogen and oxygen atoms in total. The number of rotatable bonds is 43. The number of aliphatic hydroxyl groups excluding tert-OH is 1. The van der Waals surface area contributed by atoms with Crippen LogP contribution in [0.2, 0.25) is 0 Å². The van der Waals surface area contributed by atoms with Crippen LogP contribution in [0.5, 0.6) is 0 Å². The number of phosphoric ester groups is 1. The van der Waals surface area contributed by atoms with Gasteiger partial charge >= 0.3 is 0 Å². The zero-order chi connectivity index (χ0) is 44.3. The number of carbonyl (C=O) groups excluding carboxylic acids is 1. The van der Waals surface area contributed by atoms with Gasteiger partial charge in [-0.3, -0.25) is 9.36 Å². The number of aliphatic hydroxyl groups is 1. The summed E-state index contributed by atoms with van der Waals surface area (Å²) in [6.45, 7) is 4.30. The highest BCUT2D eigenvalue weighted by Gasteiger charge is 2.23. The Bertz CT molecular complexity index is 1200. The summed E-state index contributed by atoms with van der Waals surface area (Å²) in [5.74, 6) is -0.211. The minimum atomic E-state index is -4.56. The van der Waals surface area contributed by atoms with Crippen molar-refractivity contribution in [3.05, 3.63) is 72.9 Å². The zero-order valence-electron chi connectivity index (χ0n) is 39.4. The van der Waals surface area contributed by atoms with Crippen molar-refractivity contribution in [1.29, 1.82) is 0 Å². The summed E-state index contributed by atoms with van der Waals surface area (Å²) < 4.78 is 22.9. The van der Waals surface area contributed by atoms with Crippen LogP contribution in [-0.4, -0.2) is 68.5 Å². The van der Waals surface area contributed by atoms with E-state index in [1.807, 2.05) is 34.1 Å². The standard InChI is InChI=1S/C51H93N2O6P/c1-6-8-10-11-12-13-14-15-16-17-18-19-20-21-22-23-24-25-26-27-28-29-30-31-32-33-34-35-36-37-38-39-40-41-43-45-51(55)52-49(50(54)44-42-9-7-2)48-59-60(56,57)58-47-46-53(3,4)5/h8,10,12-13,15-16,18-19,21-22,42,44,49-50,54H,6-7,9,11,14,17,20,23-41,43,45-48H2,1-5H3,(H-,52,55,56,57)/b10-8-,13-12-,16-15-,19-18-,22-21-,44-42+. The summed E-state index contributed by atoms with van der Waals surface area (Å²) in [6.07, 6.45) is 57.9. The number of unbranched alkanes of at least 4 members (excludes halogenated alkanes) is 20. The van der Waals surface area contributed by atoms with Crippen molar-refractivity contribution in [1.82, 2.24) is 5.32 Å². The van der Waals surface area contributed by atoms with Gasteiger partial charge in [-0.15, -0.1) is 0 Å². The number of allylic oxidation sites excluding steroid dienone is 11. The largest absolute Gasteiger partial charge is 0.756 e. The predicted molar refractivity (Wildman–Crippen MR) is 256 cm³/mol. The summed E-state index contributed by atoms with van der Waals surface area (Å²) in [6, 6.07) is -0.882. The van der Waals surface area contributed by atoms with Crippen molar-refractivity contribution in [2.24, 2.45) is 0 Å². The van der Waals surface area contributed by atoms with Gasteiger partial charge in [0, 0.05) is 6.42 Å². The van der Waals surface area contributed by atoms with Crippen LogP contribution < -0.4 is 10.2 Å². The van der Waals surface area contributed by atoms with E-state index >= 15 is 0 Å². The van der Waals surface area contributed by atoms with Crippen LogP contribution in [0.15, 0.2) is 72.9 Å². The summed E-state index contributed by atoms with van der Waals surface area (Å²) in [4.78, 5) is 25.0. The molecule has 0 bridgehead atoms. The summed E-state index contributed by atoms with van der Waals surface area (Å²) in [7, 11) is 1.25. The van der Waals surface area contributed by atoms with Gasteiger partial charge in [-0.2, -0.15) is 0 Å². The van der Waals surface area contributed by atoms with Gasteiger partial charge in [-0.05, 0) is 57.8 Å². The van der Waals surface area contributed by atoms with Gasteiger partial charge in [-0.1, -0.05) is 202 Å². The van der Waals surface area contributed by atoms with Gasteiger partial charge in [0.25, 0.3) is 7.82 Å². The van der Waals surface area contributed by atoms with E-state index < -0.39 is 20.0 Å². The SMILES string of the molecule is CC/C=C\C/C=C\C/C=C\C/C=C\C/C=C\CCCCCCCCCCCCCCCCCCCCCC(=O)NC(COP(=O)([O-])OCC[N+](C)(C)C)C(O)/C=C/CCC. The molecule has 348 valence electrons. The molecule has 2 N–H and O–H groups in total. The molecule has 1 amide bonds. The van der Waals surface area contributed by atoms with E-state index in [-0.39, 0.29) is 19.1 Å². The molecule has 60 heavy (non-hydrogen) atoms. The lowest BCUT2D eigenvalue weighted by molar-refractivity contribution is -0.870.